The number of hydrogen-bond acceptors (Lipinski definition) is 2. The Hall–Kier alpha value is -0.940. The van der Waals surface area contributed by atoms with Crippen LogP contribution >= 0.6 is 15.9 Å². The molecule has 0 aliphatic rings. The topological polar surface area (TPSA) is 25.2 Å². The number of hydrogen-bond donors (Lipinski definition) is 1. The molecule has 1 aromatic carbocycles. The van der Waals surface area contributed by atoms with Gasteiger partial charge in [0.05, 0.1) is 17.6 Å². The predicted molar refractivity (Wildman–Crippen MR) is 61.6 cm³/mol. The lowest BCUT2D eigenvalue weighted by atomic mass is 10.2. The first-order valence-corrected chi connectivity index (χ1v) is 5.62. The zero-order valence-corrected chi connectivity index (χ0v) is 9.93. The van der Waals surface area contributed by atoms with Gasteiger partial charge in [-0.15, -0.1) is 0 Å². The molecule has 0 atom stereocenters. The normalized spacial score (nSPS) is 11.5. The van der Waals surface area contributed by atoms with Crippen molar-refractivity contribution in [2.45, 2.75) is 13.0 Å². The van der Waals surface area contributed by atoms with E-state index in [2.05, 4.69) is 21.2 Å². The van der Waals surface area contributed by atoms with Gasteiger partial charge in [0, 0.05) is 5.39 Å². The van der Waals surface area contributed by atoms with E-state index in [4.69, 9.17) is 4.42 Å². The largest absolute Gasteiger partial charge is 0.459 e. The molecule has 0 aliphatic heterocycles. The SMILES string of the molecule is FC(F)CNCc1cc2cccc(Br)c2o1. The minimum absolute atomic E-state index is 0.311. The van der Waals surface area contributed by atoms with Gasteiger partial charge in [0.1, 0.15) is 11.3 Å². The summed E-state index contributed by atoms with van der Waals surface area (Å²) in [4.78, 5) is 0. The number of fused-ring (bicyclic) bond motifs is 1. The number of furan rings is 1. The second kappa shape index (κ2) is 4.93. The summed E-state index contributed by atoms with van der Waals surface area (Å²) >= 11 is 3.37. The molecule has 0 fully saturated rings. The van der Waals surface area contributed by atoms with Gasteiger partial charge in [0.15, 0.2) is 0 Å². The number of benzene rings is 1. The Kier molecular flexibility index (Phi) is 3.56. The van der Waals surface area contributed by atoms with Crippen molar-refractivity contribution in [2.24, 2.45) is 0 Å². The summed E-state index contributed by atoms with van der Waals surface area (Å²) in [7, 11) is 0. The third kappa shape index (κ3) is 2.59. The van der Waals surface area contributed by atoms with Crippen LogP contribution in [0.3, 0.4) is 0 Å². The molecular formula is C11H10BrF2NO. The van der Waals surface area contributed by atoms with Crippen LogP contribution in [0.1, 0.15) is 5.76 Å². The molecule has 1 N–H and O–H groups in total. The van der Waals surface area contributed by atoms with Gasteiger partial charge >= 0.3 is 0 Å². The molecule has 0 aliphatic carbocycles. The molecule has 5 heteroatoms. The third-order valence-corrected chi connectivity index (χ3v) is 2.77. The first-order valence-electron chi connectivity index (χ1n) is 4.82. The molecule has 0 radical (unpaired) electrons. The van der Waals surface area contributed by atoms with Crippen LogP contribution in [0, 0.1) is 0 Å². The lowest BCUT2D eigenvalue weighted by Crippen LogP contribution is -2.20. The van der Waals surface area contributed by atoms with E-state index in [0.717, 1.165) is 15.4 Å². The Morgan fingerprint density at radius 2 is 2.19 bits per heavy atom. The molecule has 0 bridgehead atoms. The molecule has 1 aromatic heterocycles. The Morgan fingerprint density at radius 1 is 1.38 bits per heavy atom. The van der Waals surface area contributed by atoms with E-state index in [-0.39, 0.29) is 6.54 Å². The monoisotopic (exact) mass is 289 g/mol. The van der Waals surface area contributed by atoms with Gasteiger partial charge in [-0.3, -0.25) is 0 Å². The molecule has 16 heavy (non-hydrogen) atoms. The van der Waals surface area contributed by atoms with Gasteiger partial charge in [0.2, 0.25) is 0 Å². The zero-order valence-electron chi connectivity index (χ0n) is 8.34. The summed E-state index contributed by atoms with van der Waals surface area (Å²) < 4.78 is 30.2. The van der Waals surface area contributed by atoms with Crippen molar-refractivity contribution in [1.82, 2.24) is 5.32 Å². The summed E-state index contributed by atoms with van der Waals surface area (Å²) in [5.41, 5.74) is 0.747. The van der Waals surface area contributed by atoms with Gasteiger partial charge < -0.3 is 9.73 Å². The summed E-state index contributed by atoms with van der Waals surface area (Å²) in [6.07, 6.45) is -2.34. The fourth-order valence-corrected chi connectivity index (χ4v) is 1.93. The molecule has 0 spiro atoms. The second-order valence-electron chi connectivity index (χ2n) is 3.39. The van der Waals surface area contributed by atoms with Crippen molar-refractivity contribution in [3.8, 4) is 0 Å². The van der Waals surface area contributed by atoms with Crippen LogP contribution in [0.2, 0.25) is 0 Å². The molecule has 0 amide bonds. The van der Waals surface area contributed by atoms with Gasteiger partial charge in [-0.1, -0.05) is 12.1 Å². The van der Waals surface area contributed by atoms with E-state index in [1.54, 1.807) is 0 Å². The van der Waals surface area contributed by atoms with Crippen LogP contribution in [0.4, 0.5) is 8.78 Å². The fourth-order valence-electron chi connectivity index (χ4n) is 1.47. The Labute approximate surface area is 99.8 Å². The zero-order chi connectivity index (χ0) is 11.5. The summed E-state index contributed by atoms with van der Waals surface area (Å²) in [5, 5.41) is 3.58. The smallest absolute Gasteiger partial charge is 0.250 e. The number of nitrogens with one attached hydrogen (secondary N) is 1. The van der Waals surface area contributed by atoms with Gasteiger partial charge in [0.25, 0.3) is 6.43 Å². The Bertz CT molecular complexity index is 484. The van der Waals surface area contributed by atoms with Crippen LogP contribution in [0.5, 0.6) is 0 Å². The molecule has 86 valence electrons. The van der Waals surface area contributed by atoms with Gasteiger partial charge in [-0.05, 0) is 28.1 Å². The van der Waals surface area contributed by atoms with Crippen molar-refractivity contribution in [3.63, 3.8) is 0 Å². The highest BCUT2D eigenvalue weighted by Crippen LogP contribution is 2.26. The van der Waals surface area contributed by atoms with Gasteiger partial charge in [-0.25, -0.2) is 8.78 Å². The van der Waals surface area contributed by atoms with Crippen LogP contribution in [-0.2, 0) is 6.54 Å². The molecule has 2 rings (SSSR count). The first kappa shape index (κ1) is 11.5. The van der Waals surface area contributed by atoms with Crippen LogP contribution in [0.15, 0.2) is 33.2 Å². The van der Waals surface area contributed by atoms with Crippen molar-refractivity contribution < 1.29 is 13.2 Å². The van der Waals surface area contributed by atoms with Crippen molar-refractivity contribution >= 4 is 26.9 Å². The third-order valence-electron chi connectivity index (χ3n) is 2.14. The molecule has 2 aromatic rings. The average molecular weight is 290 g/mol. The highest BCUT2D eigenvalue weighted by molar-refractivity contribution is 9.10. The Morgan fingerprint density at radius 3 is 2.88 bits per heavy atom. The van der Waals surface area contributed by atoms with E-state index < -0.39 is 6.43 Å². The number of para-hydroxylation sites is 1. The molecular weight excluding hydrogens is 280 g/mol. The molecule has 0 unspecified atom stereocenters. The molecule has 2 nitrogen and oxygen atoms in total. The van der Waals surface area contributed by atoms with E-state index >= 15 is 0 Å². The summed E-state index contributed by atoms with van der Waals surface area (Å²) in [5.74, 6) is 0.655. The second-order valence-corrected chi connectivity index (χ2v) is 4.25. The maximum atomic E-state index is 11.9. The van der Waals surface area contributed by atoms with Crippen molar-refractivity contribution in [1.29, 1.82) is 0 Å². The summed E-state index contributed by atoms with van der Waals surface area (Å²) in [6, 6.07) is 7.54. The van der Waals surface area contributed by atoms with E-state index in [9.17, 15) is 8.78 Å². The molecule has 1 heterocycles. The number of halogens is 3. The maximum absolute atomic E-state index is 11.9. The van der Waals surface area contributed by atoms with Crippen molar-refractivity contribution in [2.75, 3.05) is 6.54 Å². The van der Waals surface area contributed by atoms with Crippen LogP contribution in [-0.4, -0.2) is 13.0 Å². The first-order chi connectivity index (χ1) is 7.66. The lowest BCUT2D eigenvalue weighted by Gasteiger charge is -1.99. The number of alkyl halides is 2. The highest BCUT2D eigenvalue weighted by Gasteiger charge is 2.07. The maximum Gasteiger partial charge on any atom is 0.250 e. The molecule has 0 saturated carbocycles. The number of rotatable bonds is 4. The average Bonchev–Trinajstić information content (AvgIpc) is 2.61. The van der Waals surface area contributed by atoms with E-state index in [0.29, 0.717) is 12.3 Å². The summed E-state index contributed by atoms with van der Waals surface area (Å²) in [6.45, 7) is -0.0102. The van der Waals surface area contributed by atoms with E-state index in [1.807, 2.05) is 24.3 Å². The van der Waals surface area contributed by atoms with Crippen molar-refractivity contribution in [3.05, 3.63) is 34.5 Å². The standard InChI is InChI=1S/C11H10BrF2NO/c12-9-3-1-2-7-4-8(16-11(7)9)5-15-6-10(13)14/h1-4,10,15H,5-6H2. The van der Waals surface area contributed by atoms with Gasteiger partial charge in [-0.2, -0.15) is 0 Å². The fraction of sp³-hybridized carbons (Fsp3) is 0.273. The van der Waals surface area contributed by atoms with E-state index in [1.165, 1.54) is 0 Å². The quantitative estimate of drug-likeness (QED) is 0.931. The van der Waals surface area contributed by atoms with Crippen LogP contribution < -0.4 is 5.32 Å². The molecule has 0 saturated heterocycles. The minimum Gasteiger partial charge on any atom is -0.459 e. The minimum atomic E-state index is -2.34. The highest BCUT2D eigenvalue weighted by atomic mass is 79.9. The Balaban J connectivity index is 2.11. The lowest BCUT2D eigenvalue weighted by molar-refractivity contribution is 0.145. The van der Waals surface area contributed by atoms with Crippen LogP contribution in [0.25, 0.3) is 11.0 Å². The predicted octanol–water partition coefficient (Wildman–Crippen LogP) is 3.55.